The SMILES string of the molecule is O=C(c1cccnc1NCc1ccccc1)c1n[nH]c2ccccc12.O=C(c1cccnc1NCc1ccccc1)c1n[nH]c2ccccc12. The summed E-state index contributed by atoms with van der Waals surface area (Å²) in [7, 11) is 0. The first-order valence-corrected chi connectivity index (χ1v) is 16.1. The van der Waals surface area contributed by atoms with Gasteiger partial charge in [-0.15, -0.1) is 0 Å². The van der Waals surface area contributed by atoms with Crippen LogP contribution in [-0.2, 0) is 13.1 Å². The van der Waals surface area contributed by atoms with Crippen molar-refractivity contribution in [3.05, 3.63) is 179 Å². The molecular formula is C40H32N8O2. The highest BCUT2D eigenvalue weighted by molar-refractivity contribution is 6.17. The van der Waals surface area contributed by atoms with Crippen molar-refractivity contribution in [2.24, 2.45) is 0 Å². The van der Waals surface area contributed by atoms with Crippen molar-refractivity contribution in [2.75, 3.05) is 10.6 Å². The van der Waals surface area contributed by atoms with Crippen LogP contribution in [0.3, 0.4) is 0 Å². The van der Waals surface area contributed by atoms with Gasteiger partial charge >= 0.3 is 0 Å². The first-order valence-electron chi connectivity index (χ1n) is 16.1. The van der Waals surface area contributed by atoms with Crippen LogP contribution in [0, 0.1) is 0 Å². The molecule has 0 aliphatic rings. The summed E-state index contributed by atoms with van der Waals surface area (Å²) in [4.78, 5) is 34.7. The Morgan fingerprint density at radius 3 is 1.32 bits per heavy atom. The molecule has 244 valence electrons. The molecule has 0 spiro atoms. The smallest absolute Gasteiger partial charge is 0.217 e. The van der Waals surface area contributed by atoms with Crippen LogP contribution < -0.4 is 10.6 Å². The first-order chi connectivity index (χ1) is 24.7. The molecule has 8 rings (SSSR count). The van der Waals surface area contributed by atoms with Gasteiger partial charge in [0.15, 0.2) is 0 Å². The van der Waals surface area contributed by atoms with Gasteiger partial charge in [0.2, 0.25) is 11.6 Å². The zero-order valence-corrected chi connectivity index (χ0v) is 26.9. The van der Waals surface area contributed by atoms with E-state index in [1.54, 1.807) is 36.7 Å². The summed E-state index contributed by atoms with van der Waals surface area (Å²) in [6.45, 7) is 1.19. The molecular weight excluding hydrogens is 624 g/mol. The third kappa shape index (κ3) is 6.99. The number of aromatic nitrogens is 6. The molecule has 0 aliphatic heterocycles. The zero-order chi connectivity index (χ0) is 34.1. The van der Waals surface area contributed by atoms with Gasteiger partial charge in [0.25, 0.3) is 0 Å². The van der Waals surface area contributed by atoms with Gasteiger partial charge in [0.1, 0.15) is 23.0 Å². The van der Waals surface area contributed by atoms with Crippen LogP contribution >= 0.6 is 0 Å². The number of pyridine rings is 2. The maximum absolute atomic E-state index is 13.0. The molecule has 10 heteroatoms. The number of aromatic amines is 2. The minimum Gasteiger partial charge on any atom is -0.365 e. The predicted octanol–water partition coefficient (Wildman–Crippen LogP) is 7.60. The lowest BCUT2D eigenvalue weighted by Gasteiger charge is -2.09. The van der Waals surface area contributed by atoms with E-state index in [0.717, 1.165) is 32.9 Å². The van der Waals surface area contributed by atoms with Crippen LogP contribution in [0.25, 0.3) is 21.8 Å². The molecule has 0 fully saturated rings. The molecule has 0 radical (unpaired) electrons. The highest BCUT2D eigenvalue weighted by Crippen LogP contribution is 2.24. The third-order valence-corrected chi connectivity index (χ3v) is 8.08. The Morgan fingerprint density at radius 2 is 0.880 bits per heavy atom. The molecule has 4 aromatic heterocycles. The predicted molar refractivity (Wildman–Crippen MR) is 195 cm³/mol. The minimum absolute atomic E-state index is 0.152. The molecule has 4 aromatic carbocycles. The second kappa shape index (κ2) is 14.9. The lowest BCUT2D eigenvalue weighted by molar-refractivity contribution is 0.102. The topological polar surface area (TPSA) is 141 Å². The first kappa shape index (κ1) is 31.6. The van der Waals surface area contributed by atoms with E-state index in [4.69, 9.17) is 0 Å². The molecule has 8 aromatic rings. The Balaban J connectivity index is 0.000000157. The average Bonchev–Trinajstić information content (AvgIpc) is 3.82. The van der Waals surface area contributed by atoms with Gasteiger partial charge < -0.3 is 10.6 Å². The summed E-state index contributed by atoms with van der Waals surface area (Å²) in [6, 6.07) is 42.2. The maximum Gasteiger partial charge on any atom is 0.217 e. The fourth-order valence-corrected chi connectivity index (χ4v) is 5.55. The van der Waals surface area contributed by atoms with E-state index in [9.17, 15) is 9.59 Å². The quantitative estimate of drug-likeness (QED) is 0.110. The molecule has 50 heavy (non-hydrogen) atoms. The van der Waals surface area contributed by atoms with Crippen LogP contribution in [0.4, 0.5) is 11.6 Å². The normalized spacial score (nSPS) is 10.7. The lowest BCUT2D eigenvalue weighted by atomic mass is 10.1. The van der Waals surface area contributed by atoms with Crippen LogP contribution in [0.5, 0.6) is 0 Å². The molecule has 10 nitrogen and oxygen atoms in total. The number of ketones is 2. The summed E-state index contributed by atoms with van der Waals surface area (Å²) in [5.41, 5.74) is 5.76. The van der Waals surface area contributed by atoms with E-state index in [2.05, 4.69) is 41.0 Å². The van der Waals surface area contributed by atoms with E-state index in [1.165, 1.54) is 0 Å². The molecule has 0 aliphatic carbocycles. The number of nitrogens with one attached hydrogen (secondary N) is 4. The zero-order valence-electron chi connectivity index (χ0n) is 26.9. The number of hydrogen-bond donors (Lipinski definition) is 4. The third-order valence-electron chi connectivity index (χ3n) is 8.08. The number of benzene rings is 4. The van der Waals surface area contributed by atoms with E-state index in [-0.39, 0.29) is 11.6 Å². The molecule has 0 amide bonds. The Bertz CT molecular complexity index is 2220. The van der Waals surface area contributed by atoms with Crippen molar-refractivity contribution in [3.63, 3.8) is 0 Å². The minimum atomic E-state index is -0.152. The summed E-state index contributed by atoms with van der Waals surface area (Å²) in [6.07, 6.45) is 3.35. The van der Waals surface area contributed by atoms with Crippen molar-refractivity contribution in [2.45, 2.75) is 13.1 Å². The fourth-order valence-electron chi connectivity index (χ4n) is 5.55. The number of carbonyl (C=O) groups excluding carboxylic acids is 2. The van der Waals surface area contributed by atoms with Gasteiger partial charge in [0.05, 0.1) is 22.2 Å². The van der Waals surface area contributed by atoms with Gasteiger partial charge in [-0.05, 0) is 47.5 Å². The summed E-state index contributed by atoms with van der Waals surface area (Å²) in [5.74, 6) is 0.814. The van der Waals surface area contributed by atoms with E-state index < -0.39 is 0 Å². The molecule has 4 heterocycles. The van der Waals surface area contributed by atoms with Crippen LogP contribution in [0.15, 0.2) is 146 Å². The van der Waals surface area contributed by atoms with E-state index in [1.807, 2.05) is 109 Å². The van der Waals surface area contributed by atoms with Crippen molar-refractivity contribution < 1.29 is 9.59 Å². The molecule has 0 atom stereocenters. The van der Waals surface area contributed by atoms with Crippen molar-refractivity contribution in [3.8, 4) is 0 Å². The number of H-pyrrole nitrogens is 2. The second-order valence-electron chi connectivity index (χ2n) is 11.4. The number of carbonyl (C=O) groups is 2. The van der Waals surface area contributed by atoms with Crippen molar-refractivity contribution in [1.82, 2.24) is 30.4 Å². The number of hydrogen-bond acceptors (Lipinski definition) is 8. The van der Waals surface area contributed by atoms with Crippen molar-refractivity contribution in [1.29, 1.82) is 0 Å². The molecule has 0 saturated carbocycles. The molecule has 0 unspecified atom stereocenters. The Hall–Kier alpha value is -6.94. The Kier molecular flexibility index (Phi) is 9.41. The lowest BCUT2D eigenvalue weighted by Crippen LogP contribution is -2.10. The number of fused-ring (bicyclic) bond motifs is 2. The molecule has 4 N–H and O–H groups in total. The van der Waals surface area contributed by atoms with Gasteiger partial charge in [-0.3, -0.25) is 19.8 Å². The summed E-state index contributed by atoms with van der Waals surface area (Å²) < 4.78 is 0. The Labute approximate surface area is 287 Å². The number of rotatable bonds is 10. The van der Waals surface area contributed by atoms with Crippen LogP contribution in [-0.4, -0.2) is 41.9 Å². The second-order valence-corrected chi connectivity index (χ2v) is 11.4. The van der Waals surface area contributed by atoms with Gasteiger partial charge in [-0.1, -0.05) is 97.1 Å². The van der Waals surface area contributed by atoms with Crippen molar-refractivity contribution >= 4 is 45.0 Å². The number of para-hydroxylation sites is 2. The number of anilines is 2. The van der Waals surface area contributed by atoms with Crippen LogP contribution in [0.1, 0.15) is 43.2 Å². The number of nitrogens with zero attached hydrogens (tertiary/aromatic N) is 4. The van der Waals surface area contributed by atoms with E-state index >= 15 is 0 Å². The van der Waals surface area contributed by atoms with Crippen LogP contribution in [0.2, 0.25) is 0 Å². The highest BCUT2D eigenvalue weighted by atomic mass is 16.1. The van der Waals surface area contributed by atoms with Gasteiger partial charge in [-0.2, -0.15) is 10.2 Å². The summed E-state index contributed by atoms with van der Waals surface area (Å²) >= 11 is 0. The fraction of sp³-hybridized carbons (Fsp3) is 0.0500. The van der Waals surface area contributed by atoms with Gasteiger partial charge in [0, 0.05) is 36.3 Å². The average molecular weight is 657 g/mol. The van der Waals surface area contributed by atoms with E-state index in [0.29, 0.717) is 47.2 Å². The largest absolute Gasteiger partial charge is 0.365 e. The molecule has 0 saturated heterocycles. The monoisotopic (exact) mass is 656 g/mol. The highest BCUT2D eigenvalue weighted by Gasteiger charge is 2.21. The maximum atomic E-state index is 13.0. The summed E-state index contributed by atoms with van der Waals surface area (Å²) in [5, 5.41) is 22.3. The van der Waals surface area contributed by atoms with Gasteiger partial charge in [-0.25, -0.2) is 9.97 Å². The molecule has 0 bridgehead atoms. The Morgan fingerprint density at radius 1 is 0.480 bits per heavy atom. The standard InChI is InChI=1S/2C20H16N4O/c2*25-19(18-15-9-4-5-11-17(15)23-24-18)16-10-6-12-21-20(16)22-13-14-7-2-1-3-8-14/h2*1-12H,13H2,(H,21,22)(H,23,24).